The largest absolute Gasteiger partial charge is 0.466 e. The second kappa shape index (κ2) is 16.3. The van der Waals surface area contributed by atoms with E-state index in [9.17, 15) is 24.0 Å². The molecule has 1 amide bonds. The van der Waals surface area contributed by atoms with Gasteiger partial charge in [-0.05, 0) is 76.1 Å². The third kappa shape index (κ3) is 9.88. The van der Waals surface area contributed by atoms with Gasteiger partial charge in [-0.25, -0.2) is 14.4 Å². The summed E-state index contributed by atoms with van der Waals surface area (Å²) in [6.45, 7) is 6.90. The maximum atomic E-state index is 12.8. The van der Waals surface area contributed by atoms with Crippen molar-refractivity contribution in [2.24, 2.45) is 5.73 Å². The Kier molecular flexibility index (Phi) is 12.9. The maximum Gasteiger partial charge on any atom is 0.343 e. The Balaban J connectivity index is 2.14. The molecule has 0 saturated heterocycles. The van der Waals surface area contributed by atoms with Crippen LogP contribution in [0.5, 0.6) is 5.75 Å². The maximum absolute atomic E-state index is 12.8. The lowest BCUT2D eigenvalue weighted by Crippen LogP contribution is -2.42. The molecule has 0 radical (unpaired) electrons. The van der Waals surface area contributed by atoms with E-state index >= 15 is 0 Å². The molecule has 0 fully saturated rings. The van der Waals surface area contributed by atoms with E-state index in [1.807, 2.05) is 0 Å². The normalized spacial score (nSPS) is 11.6. The summed E-state index contributed by atoms with van der Waals surface area (Å²) < 4.78 is 20.3. The molecule has 0 aromatic heterocycles. The monoisotopic (exact) mass is 581 g/mol. The zero-order valence-corrected chi connectivity index (χ0v) is 24.0. The Hall–Kier alpha value is -5.00. The molecule has 2 rings (SSSR count). The molecule has 0 heterocycles. The van der Waals surface area contributed by atoms with Crippen LogP contribution in [0.25, 0.3) is 6.08 Å². The Labute approximate surface area is 243 Å². The molecular formula is C30H35N3O9. The summed E-state index contributed by atoms with van der Waals surface area (Å²) >= 11 is 0. The number of carbonyl (C=O) groups excluding carboxylic acids is 5. The van der Waals surface area contributed by atoms with Crippen LogP contribution in [0.2, 0.25) is 0 Å². The lowest BCUT2D eigenvalue weighted by Gasteiger charge is -2.17. The van der Waals surface area contributed by atoms with Crippen LogP contribution in [0.15, 0.2) is 48.0 Å². The molecule has 0 aliphatic carbocycles. The number of esters is 4. The number of hydrogen-bond donors (Lipinski definition) is 3. The van der Waals surface area contributed by atoms with E-state index in [0.717, 1.165) is 0 Å². The minimum Gasteiger partial charge on any atom is -0.466 e. The van der Waals surface area contributed by atoms with Gasteiger partial charge in [-0.2, -0.15) is 0 Å². The zero-order chi connectivity index (χ0) is 31.2. The topological polar surface area (TPSA) is 184 Å². The number of hydrogen-bond acceptors (Lipinski definition) is 10. The van der Waals surface area contributed by atoms with Gasteiger partial charge in [0.15, 0.2) is 0 Å². The van der Waals surface area contributed by atoms with E-state index in [0.29, 0.717) is 5.56 Å². The number of amides is 1. The van der Waals surface area contributed by atoms with Gasteiger partial charge in [0.2, 0.25) is 5.91 Å². The lowest BCUT2D eigenvalue weighted by molar-refractivity contribution is -0.148. The Morgan fingerprint density at radius 2 is 1.50 bits per heavy atom. The predicted octanol–water partition coefficient (Wildman–Crippen LogP) is 3.16. The molecule has 12 heteroatoms. The second-order valence-corrected chi connectivity index (χ2v) is 8.81. The lowest BCUT2D eigenvalue weighted by atomic mass is 10.1. The van der Waals surface area contributed by atoms with Gasteiger partial charge in [0.1, 0.15) is 23.2 Å². The van der Waals surface area contributed by atoms with Crippen LogP contribution < -0.4 is 15.8 Å². The summed E-state index contributed by atoms with van der Waals surface area (Å²) in [5.74, 6) is -3.49. The first-order chi connectivity index (χ1) is 20.0. The van der Waals surface area contributed by atoms with Crippen molar-refractivity contribution in [1.29, 1.82) is 5.41 Å². The molecule has 0 bridgehead atoms. The number of nitrogens with two attached hydrogens (primary N) is 1. The van der Waals surface area contributed by atoms with Crippen LogP contribution in [-0.4, -0.2) is 61.5 Å². The number of benzene rings is 2. The fraction of sp³-hybridized carbons (Fsp3) is 0.333. The number of rotatable bonds is 14. The Morgan fingerprint density at radius 1 is 0.881 bits per heavy atom. The number of nitrogens with one attached hydrogen (secondary N) is 2. The molecule has 0 saturated carbocycles. The van der Waals surface area contributed by atoms with Gasteiger partial charge in [-0.3, -0.25) is 15.0 Å². The molecule has 12 nitrogen and oxygen atoms in total. The molecule has 224 valence electrons. The van der Waals surface area contributed by atoms with Crippen LogP contribution in [0.3, 0.4) is 0 Å². The molecular weight excluding hydrogens is 546 g/mol. The molecule has 2 aromatic carbocycles. The molecule has 1 atom stereocenters. The van der Waals surface area contributed by atoms with Crippen molar-refractivity contribution in [3.05, 3.63) is 70.3 Å². The molecule has 4 N–H and O–H groups in total. The quantitative estimate of drug-likeness (QED) is 0.0748. The summed E-state index contributed by atoms with van der Waals surface area (Å²) in [7, 11) is 0. The van der Waals surface area contributed by atoms with Crippen molar-refractivity contribution in [1.82, 2.24) is 5.32 Å². The fourth-order valence-electron chi connectivity index (χ4n) is 3.60. The molecule has 42 heavy (non-hydrogen) atoms. The third-order valence-electron chi connectivity index (χ3n) is 5.70. The fourth-order valence-corrected chi connectivity index (χ4v) is 3.60. The minimum atomic E-state index is -1.04. The number of amidine groups is 1. The summed E-state index contributed by atoms with van der Waals surface area (Å²) in [6, 6.07) is 9.21. The molecule has 0 aliphatic heterocycles. The highest BCUT2D eigenvalue weighted by molar-refractivity contribution is 6.01. The molecule has 0 unspecified atom stereocenters. The van der Waals surface area contributed by atoms with Crippen molar-refractivity contribution in [3.8, 4) is 5.75 Å². The second-order valence-electron chi connectivity index (χ2n) is 8.81. The van der Waals surface area contributed by atoms with Gasteiger partial charge in [0.25, 0.3) is 0 Å². The van der Waals surface area contributed by atoms with Crippen molar-refractivity contribution < 1.29 is 42.9 Å². The van der Waals surface area contributed by atoms with Crippen LogP contribution in [0.4, 0.5) is 0 Å². The predicted molar refractivity (Wildman–Crippen MR) is 153 cm³/mol. The van der Waals surface area contributed by atoms with Crippen LogP contribution in [0.1, 0.15) is 72.4 Å². The molecule has 0 aliphatic rings. The summed E-state index contributed by atoms with van der Waals surface area (Å²) in [5.41, 5.74) is 6.73. The van der Waals surface area contributed by atoms with Crippen molar-refractivity contribution in [2.75, 3.05) is 19.8 Å². The van der Waals surface area contributed by atoms with Gasteiger partial charge in [0, 0.05) is 17.6 Å². The highest BCUT2D eigenvalue weighted by atomic mass is 16.6. The number of ether oxygens (including phenoxy) is 4. The van der Waals surface area contributed by atoms with E-state index < -0.39 is 35.8 Å². The average Bonchev–Trinajstić information content (AvgIpc) is 2.95. The summed E-state index contributed by atoms with van der Waals surface area (Å²) in [5, 5.41) is 10.2. The number of carbonyl (C=O) groups is 5. The van der Waals surface area contributed by atoms with Gasteiger partial charge in [-0.1, -0.05) is 12.1 Å². The van der Waals surface area contributed by atoms with Crippen LogP contribution in [-0.2, 0) is 28.6 Å². The van der Waals surface area contributed by atoms with Crippen LogP contribution >= 0.6 is 0 Å². The minimum absolute atomic E-state index is 0.0167. The van der Waals surface area contributed by atoms with E-state index in [1.165, 1.54) is 30.3 Å². The van der Waals surface area contributed by atoms with E-state index in [4.69, 9.17) is 30.1 Å². The third-order valence-corrected chi connectivity index (χ3v) is 5.70. The van der Waals surface area contributed by atoms with Crippen LogP contribution in [0, 0.1) is 5.41 Å². The van der Waals surface area contributed by atoms with Gasteiger partial charge in [-0.15, -0.1) is 0 Å². The number of nitrogen functional groups attached to an aromatic ring is 1. The van der Waals surface area contributed by atoms with E-state index in [-0.39, 0.29) is 66.5 Å². The van der Waals surface area contributed by atoms with E-state index in [1.54, 1.807) is 45.9 Å². The summed E-state index contributed by atoms with van der Waals surface area (Å²) in [4.78, 5) is 62.0. The van der Waals surface area contributed by atoms with Crippen molar-refractivity contribution in [3.63, 3.8) is 0 Å². The zero-order valence-electron chi connectivity index (χ0n) is 24.0. The first-order valence-electron chi connectivity index (χ1n) is 13.3. The SMILES string of the molecule is CCOC(=O)CC[C@H](NC(=O)/C(C)=C/c1ccc(C(=O)Oc2ccc(C(=N)N)cc2C(=O)OCC)cc1)C(=O)OCC. The smallest absolute Gasteiger partial charge is 0.343 e. The van der Waals surface area contributed by atoms with Gasteiger partial charge >= 0.3 is 23.9 Å². The van der Waals surface area contributed by atoms with Crippen molar-refractivity contribution >= 4 is 41.7 Å². The Bertz CT molecular complexity index is 1350. The standard InChI is InChI=1S/C30H35N3O9/c1-5-39-25(34)15-13-23(30(38)41-7-3)33-27(35)18(4)16-19-8-10-20(11-9-19)28(36)42-24-14-12-21(26(31)32)17-22(24)29(37)40-6-2/h8-12,14,16-17,23H,5-7,13,15H2,1-4H3,(H3,31,32)(H,33,35)/b18-16+/t23-/m0/s1. The van der Waals surface area contributed by atoms with Crippen molar-refractivity contribution in [2.45, 2.75) is 46.6 Å². The molecule has 2 aromatic rings. The first-order valence-corrected chi connectivity index (χ1v) is 13.3. The average molecular weight is 582 g/mol. The molecule has 0 spiro atoms. The van der Waals surface area contributed by atoms with Gasteiger partial charge < -0.3 is 30.0 Å². The summed E-state index contributed by atoms with van der Waals surface area (Å²) in [6.07, 6.45) is 1.50. The highest BCUT2D eigenvalue weighted by Gasteiger charge is 2.24. The van der Waals surface area contributed by atoms with E-state index in [2.05, 4.69) is 5.32 Å². The first kappa shape index (κ1) is 33.2. The highest BCUT2D eigenvalue weighted by Crippen LogP contribution is 2.23. The Morgan fingerprint density at radius 3 is 2.10 bits per heavy atom. The van der Waals surface area contributed by atoms with Gasteiger partial charge in [0.05, 0.1) is 25.4 Å².